The van der Waals surface area contributed by atoms with Gasteiger partial charge in [-0.2, -0.15) is 0 Å². The van der Waals surface area contributed by atoms with Crippen LogP contribution in [0.2, 0.25) is 0 Å². The maximum absolute atomic E-state index is 14.6. The number of imidazole rings is 1. The van der Waals surface area contributed by atoms with E-state index in [0.29, 0.717) is 37.2 Å². The molecule has 1 atom stereocenters. The van der Waals surface area contributed by atoms with E-state index in [1.54, 1.807) is 12.4 Å². The van der Waals surface area contributed by atoms with Gasteiger partial charge in [-0.3, -0.25) is 14.7 Å². The summed E-state index contributed by atoms with van der Waals surface area (Å²) in [6, 6.07) is 6.71. The summed E-state index contributed by atoms with van der Waals surface area (Å²) >= 11 is 0. The number of likely N-dealkylation sites (tertiary alicyclic amines) is 1. The highest BCUT2D eigenvalue weighted by Gasteiger charge is 2.49. The molecular weight excluding hydrogens is 564 g/mol. The van der Waals surface area contributed by atoms with E-state index in [1.807, 2.05) is 31.1 Å². The third-order valence-corrected chi connectivity index (χ3v) is 10.2. The number of hydrogen-bond donors (Lipinski definition) is 1. The van der Waals surface area contributed by atoms with Crippen LogP contribution in [0.5, 0.6) is 5.75 Å². The van der Waals surface area contributed by atoms with Gasteiger partial charge in [0, 0.05) is 55.7 Å². The van der Waals surface area contributed by atoms with Crippen molar-refractivity contribution in [2.45, 2.75) is 76.5 Å². The SMILES string of the molecule is [C-]#[N+]c1cnc([C@H](C)N2CC3(CCC3)c3c(CN4CCC(N(C)C)CC4)cc(Cn4ccnc4NC)cc3C2=O)cc1OCC. The van der Waals surface area contributed by atoms with Crippen LogP contribution >= 0.6 is 0 Å². The minimum absolute atomic E-state index is 0.0536. The fourth-order valence-corrected chi connectivity index (χ4v) is 7.62. The second-order valence-electron chi connectivity index (χ2n) is 13.1. The molecule has 6 rings (SSSR count). The lowest BCUT2D eigenvalue weighted by molar-refractivity contribution is 0.0480. The maximum atomic E-state index is 14.6. The van der Waals surface area contributed by atoms with Crippen LogP contribution in [0.3, 0.4) is 0 Å². The third-order valence-electron chi connectivity index (χ3n) is 10.2. The number of carbonyl (C=O) groups is 1. The largest absolute Gasteiger partial charge is 0.505 e. The fourth-order valence-electron chi connectivity index (χ4n) is 7.62. The number of nitrogens with zero attached hydrogens (tertiary/aromatic N) is 7. The van der Waals surface area contributed by atoms with Crippen LogP contribution in [-0.4, -0.2) is 88.6 Å². The van der Waals surface area contributed by atoms with Crippen molar-refractivity contribution in [1.82, 2.24) is 29.2 Å². The zero-order chi connectivity index (χ0) is 31.7. The first kappa shape index (κ1) is 31.1. The molecule has 1 amide bonds. The topological polar surface area (TPSA) is 83.1 Å². The second kappa shape index (κ2) is 12.8. The lowest BCUT2D eigenvalue weighted by atomic mass is 9.60. The van der Waals surface area contributed by atoms with Crippen LogP contribution in [-0.2, 0) is 18.5 Å². The van der Waals surface area contributed by atoms with Crippen LogP contribution in [0, 0.1) is 6.57 Å². The molecule has 45 heavy (non-hydrogen) atoms. The summed E-state index contributed by atoms with van der Waals surface area (Å²) < 4.78 is 7.87. The average molecular weight is 611 g/mol. The van der Waals surface area contributed by atoms with Crippen LogP contribution < -0.4 is 10.1 Å². The number of pyridine rings is 1. The van der Waals surface area contributed by atoms with Gasteiger partial charge in [0.15, 0.2) is 0 Å². The van der Waals surface area contributed by atoms with Crippen molar-refractivity contribution < 1.29 is 9.53 Å². The van der Waals surface area contributed by atoms with E-state index < -0.39 is 0 Å². The molecule has 1 N–H and O–H groups in total. The van der Waals surface area contributed by atoms with Crippen LogP contribution in [0.1, 0.15) is 84.7 Å². The summed E-state index contributed by atoms with van der Waals surface area (Å²) in [5.74, 6) is 1.38. The van der Waals surface area contributed by atoms with E-state index in [4.69, 9.17) is 11.3 Å². The van der Waals surface area contributed by atoms with Crippen molar-refractivity contribution in [3.63, 3.8) is 0 Å². The monoisotopic (exact) mass is 610 g/mol. The molecule has 0 bridgehead atoms. The van der Waals surface area contributed by atoms with Gasteiger partial charge in [0.05, 0.1) is 31.5 Å². The Bertz CT molecular complexity index is 1580. The Morgan fingerprint density at radius 2 is 1.96 bits per heavy atom. The number of rotatable bonds is 10. The standard InChI is InChI=1S/C35H46N8O2/c1-7-45-31-19-29(39-20-30(31)36-3)24(2)43-23-35(11-8-12-35)32-26(22-41-14-9-27(10-15-41)40(5)6)17-25(18-28(32)33(43)44)21-42-16-13-38-34(42)37-4/h13,16-20,24,27H,7-12,14-15,21-23H2,1-2,4-6H3,(H,37,38)/t24-/m0/s1. The molecule has 3 aromatic rings. The van der Waals surface area contributed by atoms with Crippen LogP contribution in [0.25, 0.3) is 4.85 Å². The van der Waals surface area contributed by atoms with Gasteiger partial charge in [-0.15, -0.1) is 0 Å². The molecule has 4 heterocycles. The highest BCUT2D eigenvalue weighted by atomic mass is 16.5. The molecule has 3 aliphatic rings. The summed E-state index contributed by atoms with van der Waals surface area (Å²) in [6.45, 7) is 16.2. The van der Waals surface area contributed by atoms with Gasteiger partial charge in [0.2, 0.25) is 11.6 Å². The number of piperidine rings is 1. The number of amides is 1. The summed E-state index contributed by atoms with van der Waals surface area (Å²) in [5, 5.41) is 3.18. The Morgan fingerprint density at radius 1 is 1.18 bits per heavy atom. The van der Waals surface area contributed by atoms with Crippen LogP contribution in [0.15, 0.2) is 36.8 Å². The first-order valence-corrected chi connectivity index (χ1v) is 16.3. The van der Waals surface area contributed by atoms with Gasteiger partial charge in [-0.05, 0) is 95.5 Å². The minimum Gasteiger partial charge on any atom is -0.505 e. The lowest BCUT2D eigenvalue weighted by Gasteiger charge is -2.52. The number of hydrogen-bond acceptors (Lipinski definition) is 7. The highest BCUT2D eigenvalue weighted by Crippen LogP contribution is 2.51. The van der Waals surface area contributed by atoms with Crippen LogP contribution in [0.4, 0.5) is 11.6 Å². The predicted molar refractivity (Wildman–Crippen MR) is 176 cm³/mol. The molecule has 238 valence electrons. The Kier molecular flexibility index (Phi) is 8.85. The first-order chi connectivity index (χ1) is 21.8. The molecule has 1 saturated heterocycles. The van der Waals surface area contributed by atoms with E-state index in [0.717, 1.165) is 74.5 Å². The number of benzene rings is 1. The van der Waals surface area contributed by atoms with Crippen molar-refractivity contribution in [2.24, 2.45) is 0 Å². The van der Waals surface area contributed by atoms with E-state index in [9.17, 15) is 4.79 Å². The lowest BCUT2D eigenvalue weighted by Crippen LogP contribution is -2.54. The van der Waals surface area contributed by atoms with Crippen molar-refractivity contribution in [3.05, 3.63) is 76.2 Å². The number of nitrogens with one attached hydrogen (secondary N) is 1. The van der Waals surface area contributed by atoms with Gasteiger partial charge in [-0.1, -0.05) is 12.5 Å². The van der Waals surface area contributed by atoms with Gasteiger partial charge >= 0.3 is 0 Å². The number of ether oxygens (including phenoxy) is 1. The summed E-state index contributed by atoms with van der Waals surface area (Å²) in [5.41, 5.74) is 5.59. The fraction of sp³-hybridized carbons (Fsp3) is 0.543. The van der Waals surface area contributed by atoms with E-state index in [1.165, 1.54) is 11.1 Å². The minimum atomic E-state index is -0.260. The Labute approximate surface area is 267 Å². The van der Waals surface area contributed by atoms with E-state index >= 15 is 0 Å². The summed E-state index contributed by atoms with van der Waals surface area (Å²) in [4.78, 5) is 34.2. The molecule has 1 saturated carbocycles. The molecule has 10 nitrogen and oxygen atoms in total. The van der Waals surface area contributed by atoms with Crippen molar-refractivity contribution in [1.29, 1.82) is 0 Å². The molecule has 2 aromatic heterocycles. The van der Waals surface area contributed by atoms with Gasteiger partial charge in [0.1, 0.15) is 5.75 Å². The number of carbonyl (C=O) groups excluding carboxylic acids is 1. The Balaban J connectivity index is 1.39. The summed E-state index contributed by atoms with van der Waals surface area (Å²) in [7, 11) is 6.24. The number of fused-ring (bicyclic) bond motifs is 2. The van der Waals surface area contributed by atoms with Gasteiger partial charge in [-0.25, -0.2) is 9.83 Å². The normalized spacial score (nSPS) is 18.9. The average Bonchev–Trinajstić information content (AvgIpc) is 3.47. The van der Waals surface area contributed by atoms with E-state index in [-0.39, 0.29) is 17.4 Å². The van der Waals surface area contributed by atoms with E-state index in [2.05, 4.69) is 67.6 Å². The maximum Gasteiger partial charge on any atom is 0.254 e. The second-order valence-corrected chi connectivity index (χ2v) is 13.1. The quantitative estimate of drug-likeness (QED) is 0.305. The molecule has 2 fully saturated rings. The van der Waals surface area contributed by atoms with Crippen molar-refractivity contribution in [2.75, 3.05) is 52.7 Å². The molecule has 1 aliphatic carbocycles. The van der Waals surface area contributed by atoms with Gasteiger partial charge < -0.3 is 24.4 Å². The molecule has 10 heteroatoms. The first-order valence-electron chi connectivity index (χ1n) is 16.3. The zero-order valence-electron chi connectivity index (χ0n) is 27.3. The Morgan fingerprint density at radius 3 is 2.60 bits per heavy atom. The summed E-state index contributed by atoms with van der Waals surface area (Å²) in [6.07, 6.45) is 11.0. The molecule has 0 radical (unpaired) electrons. The molecule has 2 aliphatic heterocycles. The molecule has 1 spiro atoms. The van der Waals surface area contributed by atoms with Crippen molar-refractivity contribution in [3.8, 4) is 5.75 Å². The molecular formula is C35H46N8O2. The molecule has 1 aromatic carbocycles. The number of anilines is 1. The zero-order valence-corrected chi connectivity index (χ0v) is 27.3. The van der Waals surface area contributed by atoms with Crippen molar-refractivity contribution >= 4 is 17.5 Å². The smallest absolute Gasteiger partial charge is 0.254 e. The molecule has 0 unspecified atom stereocenters. The highest BCUT2D eigenvalue weighted by molar-refractivity contribution is 5.98. The number of aromatic nitrogens is 3. The third kappa shape index (κ3) is 5.91. The predicted octanol–water partition coefficient (Wildman–Crippen LogP) is 5.48. The Hall–Kier alpha value is -3.94. The van der Waals surface area contributed by atoms with Gasteiger partial charge in [0.25, 0.3) is 5.91 Å².